The average Bonchev–Trinajstić information content (AvgIpc) is 2.33. The first-order valence-electron chi connectivity index (χ1n) is 4.93. The third kappa shape index (κ3) is 2.68. The van der Waals surface area contributed by atoms with Gasteiger partial charge >= 0.3 is 0 Å². The van der Waals surface area contributed by atoms with Crippen molar-refractivity contribution in [3.8, 4) is 0 Å². The Kier molecular flexibility index (Phi) is 3.49. The van der Waals surface area contributed by atoms with Crippen LogP contribution < -0.4 is 0 Å². The van der Waals surface area contributed by atoms with Gasteiger partial charge in [0, 0.05) is 18.0 Å². The lowest BCUT2D eigenvalue weighted by Crippen LogP contribution is -1.98. The van der Waals surface area contributed by atoms with Crippen molar-refractivity contribution >= 4 is 17.5 Å². The molecule has 0 atom stereocenters. The van der Waals surface area contributed by atoms with Crippen molar-refractivity contribution in [1.29, 1.82) is 0 Å². The van der Waals surface area contributed by atoms with Gasteiger partial charge in [0.2, 0.25) is 0 Å². The molecule has 2 rings (SSSR count). The van der Waals surface area contributed by atoms with Gasteiger partial charge in [-0.25, -0.2) is 14.4 Å². The Bertz CT molecular complexity index is 545. The van der Waals surface area contributed by atoms with E-state index in [2.05, 4.69) is 9.97 Å². The second kappa shape index (κ2) is 5.05. The number of carbonyl (C=O) groups excluding carboxylic acids is 1. The molecule has 1 heterocycles. The summed E-state index contributed by atoms with van der Waals surface area (Å²) >= 11 is 1.05. The minimum Gasteiger partial charge on any atom is -0.294 e. The molecule has 2 aromatic rings. The number of Topliss-reactive ketones (excluding diaryl/α,β-unsaturated/α-hetero) is 1. The smallest absolute Gasteiger partial charge is 0.192 e. The highest BCUT2D eigenvalue weighted by Gasteiger charge is 2.14. The van der Waals surface area contributed by atoms with Gasteiger partial charge in [0.1, 0.15) is 5.82 Å². The van der Waals surface area contributed by atoms with E-state index >= 15 is 0 Å². The van der Waals surface area contributed by atoms with Gasteiger partial charge in [-0.1, -0.05) is 12.1 Å². The number of nitrogens with zero attached hydrogens (tertiary/aromatic N) is 2. The van der Waals surface area contributed by atoms with Crippen LogP contribution in [0.25, 0.3) is 0 Å². The van der Waals surface area contributed by atoms with E-state index < -0.39 is 5.82 Å². The second-order valence-corrected chi connectivity index (χ2v) is 4.28. The summed E-state index contributed by atoms with van der Waals surface area (Å²) in [4.78, 5) is 19.6. The van der Waals surface area contributed by atoms with Gasteiger partial charge < -0.3 is 0 Å². The van der Waals surface area contributed by atoms with Crippen LogP contribution in [-0.2, 0) is 0 Å². The number of hydrogen-bond donors (Lipinski definition) is 0. The Morgan fingerprint density at radius 3 is 2.59 bits per heavy atom. The predicted molar refractivity (Wildman–Crippen MR) is 62.6 cm³/mol. The molecule has 17 heavy (non-hydrogen) atoms. The summed E-state index contributed by atoms with van der Waals surface area (Å²) in [5.41, 5.74) is 0.349. The number of aromatic nitrogens is 2. The molecule has 0 fully saturated rings. The molecule has 86 valence electrons. The lowest BCUT2D eigenvalue weighted by molar-refractivity contribution is 0.101. The molecular weight excluding hydrogens is 239 g/mol. The molecule has 0 radical (unpaired) electrons. The van der Waals surface area contributed by atoms with Crippen molar-refractivity contribution in [1.82, 2.24) is 9.97 Å². The Hall–Kier alpha value is -1.75. The van der Waals surface area contributed by atoms with Crippen LogP contribution in [0.3, 0.4) is 0 Å². The fourth-order valence-corrected chi connectivity index (χ4v) is 2.22. The van der Waals surface area contributed by atoms with Gasteiger partial charge in [0.05, 0.1) is 4.90 Å². The van der Waals surface area contributed by atoms with Gasteiger partial charge in [-0.05, 0) is 30.8 Å². The van der Waals surface area contributed by atoms with Crippen LogP contribution in [0, 0.1) is 5.82 Å². The van der Waals surface area contributed by atoms with Crippen molar-refractivity contribution in [2.24, 2.45) is 0 Å². The van der Waals surface area contributed by atoms with E-state index in [-0.39, 0.29) is 10.7 Å². The lowest BCUT2D eigenvalue weighted by atomic mass is 10.1. The fraction of sp³-hybridized carbons (Fsp3) is 0.0833. The fourth-order valence-electron chi connectivity index (χ4n) is 1.32. The average molecular weight is 248 g/mol. The SMILES string of the molecule is CC(=O)c1cccc(F)c1Sc1ncccn1. The molecule has 3 nitrogen and oxygen atoms in total. The molecule has 0 unspecified atom stereocenters. The van der Waals surface area contributed by atoms with Crippen LogP contribution in [0.4, 0.5) is 4.39 Å². The first-order valence-corrected chi connectivity index (χ1v) is 5.74. The predicted octanol–water partition coefficient (Wildman–Crippen LogP) is 2.97. The summed E-state index contributed by atoms with van der Waals surface area (Å²) in [5, 5.41) is 0.417. The molecule has 0 aliphatic rings. The van der Waals surface area contributed by atoms with Crippen LogP contribution in [-0.4, -0.2) is 15.8 Å². The second-order valence-electron chi connectivity index (χ2n) is 3.31. The van der Waals surface area contributed by atoms with E-state index in [0.717, 1.165) is 11.8 Å². The Morgan fingerprint density at radius 2 is 1.94 bits per heavy atom. The molecule has 0 N–H and O–H groups in total. The minimum absolute atomic E-state index is 0.178. The maximum atomic E-state index is 13.7. The Balaban J connectivity index is 2.41. The molecule has 0 aliphatic heterocycles. The van der Waals surface area contributed by atoms with Gasteiger partial charge in [-0.15, -0.1) is 0 Å². The van der Waals surface area contributed by atoms with E-state index in [9.17, 15) is 9.18 Å². The van der Waals surface area contributed by atoms with Crippen LogP contribution in [0.1, 0.15) is 17.3 Å². The standard InChI is InChI=1S/C12H9FN2OS/c1-8(16)9-4-2-5-10(13)11(9)17-12-14-6-3-7-15-12/h2-7H,1H3. The molecule has 0 aliphatic carbocycles. The summed E-state index contributed by atoms with van der Waals surface area (Å²) in [7, 11) is 0. The first kappa shape index (κ1) is 11.7. The van der Waals surface area contributed by atoms with Gasteiger partial charge in [0.15, 0.2) is 10.9 Å². The lowest BCUT2D eigenvalue weighted by Gasteiger charge is -2.06. The number of halogens is 1. The monoisotopic (exact) mass is 248 g/mol. The van der Waals surface area contributed by atoms with E-state index in [4.69, 9.17) is 0 Å². The number of hydrogen-bond acceptors (Lipinski definition) is 4. The van der Waals surface area contributed by atoms with Crippen molar-refractivity contribution in [3.63, 3.8) is 0 Å². The van der Waals surface area contributed by atoms with Crippen LogP contribution in [0.5, 0.6) is 0 Å². The zero-order valence-electron chi connectivity index (χ0n) is 9.05. The molecule has 0 saturated carbocycles. The molecular formula is C12H9FN2OS. The maximum absolute atomic E-state index is 13.7. The highest BCUT2D eigenvalue weighted by atomic mass is 32.2. The number of carbonyl (C=O) groups is 1. The van der Waals surface area contributed by atoms with Crippen molar-refractivity contribution in [3.05, 3.63) is 48.0 Å². The molecule has 0 spiro atoms. The third-order valence-corrected chi connectivity index (χ3v) is 3.09. The largest absolute Gasteiger partial charge is 0.294 e. The molecule has 0 amide bonds. The zero-order valence-corrected chi connectivity index (χ0v) is 9.87. The zero-order chi connectivity index (χ0) is 12.3. The topological polar surface area (TPSA) is 42.9 Å². The summed E-state index contributed by atoms with van der Waals surface area (Å²) in [5.74, 6) is -0.613. The summed E-state index contributed by atoms with van der Waals surface area (Å²) in [6.45, 7) is 1.41. The molecule has 5 heteroatoms. The number of rotatable bonds is 3. The summed E-state index contributed by atoms with van der Waals surface area (Å²) in [6.07, 6.45) is 3.15. The quantitative estimate of drug-likeness (QED) is 0.618. The van der Waals surface area contributed by atoms with E-state index in [1.54, 1.807) is 24.5 Å². The van der Waals surface area contributed by atoms with Crippen LogP contribution in [0.2, 0.25) is 0 Å². The minimum atomic E-state index is -0.435. The van der Waals surface area contributed by atoms with Crippen LogP contribution >= 0.6 is 11.8 Å². The van der Waals surface area contributed by atoms with Crippen molar-refractivity contribution < 1.29 is 9.18 Å². The normalized spacial score (nSPS) is 10.2. The molecule has 1 aromatic carbocycles. The number of benzene rings is 1. The van der Waals surface area contributed by atoms with E-state index in [1.165, 1.54) is 19.1 Å². The van der Waals surface area contributed by atoms with Crippen molar-refractivity contribution in [2.75, 3.05) is 0 Å². The number of ketones is 1. The Morgan fingerprint density at radius 1 is 1.24 bits per heavy atom. The summed E-state index contributed by atoms with van der Waals surface area (Å²) in [6, 6.07) is 6.10. The van der Waals surface area contributed by atoms with Gasteiger partial charge in [-0.2, -0.15) is 0 Å². The van der Waals surface area contributed by atoms with E-state index in [0.29, 0.717) is 10.7 Å². The Labute approximate surface area is 102 Å². The van der Waals surface area contributed by atoms with E-state index in [1.807, 2.05) is 0 Å². The molecule has 1 aromatic heterocycles. The third-order valence-electron chi connectivity index (χ3n) is 2.08. The molecule has 0 bridgehead atoms. The van der Waals surface area contributed by atoms with Crippen molar-refractivity contribution in [2.45, 2.75) is 17.0 Å². The maximum Gasteiger partial charge on any atom is 0.192 e. The highest BCUT2D eigenvalue weighted by Crippen LogP contribution is 2.30. The summed E-state index contributed by atoms with van der Waals surface area (Å²) < 4.78 is 13.7. The van der Waals surface area contributed by atoms with Crippen LogP contribution in [0.15, 0.2) is 46.7 Å². The highest BCUT2D eigenvalue weighted by molar-refractivity contribution is 7.99. The first-order chi connectivity index (χ1) is 8.18. The molecule has 0 saturated heterocycles. The van der Waals surface area contributed by atoms with Gasteiger partial charge in [0.25, 0.3) is 0 Å². The van der Waals surface area contributed by atoms with Gasteiger partial charge in [-0.3, -0.25) is 4.79 Å².